The van der Waals surface area contributed by atoms with E-state index in [0.29, 0.717) is 20.8 Å². The van der Waals surface area contributed by atoms with Gasteiger partial charge < -0.3 is 5.11 Å². The van der Waals surface area contributed by atoms with Crippen molar-refractivity contribution in [3.63, 3.8) is 0 Å². The van der Waals surface area contributed by atoms with Gasteiger partial charge >= 0.3 is 0 Å². The fourth-order valence-electron chi connectivity index (χ4n) is 1.42. The van der Waals surface area contributed by atoms with Crippen LogP contribution < -0.4 is 0 Å². The van der Waals surface area contributed by atoms with Crippen molar-refractivity contribution in [1.82, 2.24) is 4.98 Å². The van der Waals surface area contributed by atoms with Gasteiger partial charge in [0.05, 0.1) is 27.4 Å². The van der Waals surface area contributed by atoms with Crippen LogP contribution in [0.3, 0.4) is 0 Å². The number of hydrogen-bond donors (Lipinski definition) is 1. The maximum absolute atomic E-state index is 8.91. The SMILES string of the molecule is OCc1ccc(-c2cc(Cl)c(Cl)cc2Cl)cn1. The molecule has 0 saturated heterocycles. The Morgan fingerprint density at radius 3 is 2.29 bits per heavy atom. The van der Waals surface area contributed by atoms with Gasteiger partial charge in [0.1, 0.15) is 0 Å². The minimum Gasteiger partial charge on any atom is -0.390 e. The number of aliphatic hydroxyl groups is 1. The highest BCUT2D eigenvalue weighted by Gasteiger charge is 2.08. The van der Waals surface area contributed by atoms with Crippen molar-refractivity contribution >= 4 is 34.8 Å². The molecule has 1 N–H and O–H groups in total. The highest BCUT2D eigenvalue weighted by atomic mass is 35.5. The fraction of sp³-hybridized carbons (Fsp3) is 0.0833. The highest BCUT2D eigenvalue weighted by molar-refractivity contribution is 6.44. The molecule has 5 heteroatoms. The molecule has 1 heterocycles. The predicted octanol–water partition coefficient (Wildman–Crippen LogP) is 4.20. The van der Waals surface area contributed by atoms with E-state index in [2.05, 4.69) is 4.98 Å². The van der Waals surface area contributed by atoms with Gasteiger partial charge in [-0.2, -0.15) is 0 Å². The summed E-state index contributed by atoms with van der Waals surface area (Å²) in [4.78, 5) is 4.08. The van der Waals surface area contributed by atoms with Gasteiger partial charge in [-0.3, -0.25) is 4.98 Å². The maximum atomic E-state index is 8.91. The van der Waals surface area contributed by atoms with E-state index in [0.717, 1.165) is 11.1 Å². The first-order valence-corrected chi connectivity index (χ1v) is 5.96. The average molecular weight is 289 g/mol. The summed E-state index contributed by atoms with van der Waals surface area (Å²) in [6, 6.07) is 6.85. The number of nitrogens with zero attached hydrogens (tertiary/aromatic N) is 1. The van der Waals surface area contributed by atoms with Gasteiger partial charge in [-0.1, -0.05) is 40.9 Å². The highest BCUT2D eigenvalue weighted by Crippen LogP contribution is 2.34. The zero-order chi connectivity index (χ0) is 12.4. The molecule has 0 aliphatic carbocycles. The van der Waals surface area contributed by atoms with Crippen LogP contribution in [0.1, 0.15) is 5.69 Å². The summed E-state index contributed by atoms with van der Waals surface area (Å²) in [7, 11) is 0. The van der Waals surface area contributed by atoms with Crippen molar-refractivity contribution in [3.8, 4) is 11.1 Å². The number of benzene rings is 1. The molecule has 0 amide bonds. The molecule has 2 nitrogen and oxygen atoms in total. The van der Waals surface area contributed by atoms with Gasteiger partial charge in [0.15, 0.2) is 0 Å². The van der Waals surface area contributed by atoms with E-state index < -0.39 is 0 Å². The summed E-state index contributed by atoms with van der Waals surface area (Å²) in [5.41, 5.74) is 2.19. The molecule has 2 rings (SSSR count). The van der Waals surface area contributed by atoms with Crippen LogP contribution >= 0.6 is 34.8 Å². The Balaban J connectivity index is 2.48. The van der Waals surface area contributed by atoms with E-state index >= 15 is 0 Å². The van der Waals surface area contributed by atoms with E-state index in [-0.39, 0.29) is 6.61 Å². The lowest BCUT2D eigenvalue weighted by Crippen LogP contribution is -1.89. The zero-order valence-corrected chi connectivity index (χ0v) is 10.9. The zero-order valence-electron chi connectivity index (χ0n) is 8.62. The summed E-state index contributed by atoms with van der Waals surface area (Å²) in [6.45, 7) is -0.0879. The van der Waals surface area contributed by atoms with E-state index in [9.17, 15) is 0 Å². The van der Waals surface area contributed by atoms with Crippen LogP contribution in [0.2, 0.25) is 15.1 Å². The topological polar surface area (TPSA) is 33.1 Å². The van der Waals surface area contributed by atoms with E-state index in [4.69, 9.17) is 39.9 Å². The lowest BCUT2D eigenvalue weighted by molar-refractivity contribution is 0.277. The van der Waals surface area contributed by atoms with Gasteiger partial charge in [0, 0.05) is 17.3 Å². The molecule has 0 fully saturated rings. The van der Waals surface area contributed by atoms with Gasteiger partial charge in [0.2, 0.25) is 0 Å². The van der Waals surface area contributed by atoms with Crippen molar-refractivity contribution in [2.24, 2.45) is 0 Å². The fourth-order valence-corrected chi connectivity index (χ4v) is 2.08. The largest absolute Gasteiger partial charge is 0.390 e. The predicted molar refractivity (Wildman–Crippen MR) is 70.6 cm³/mol. The molecule has 0 bridgehead atoms. The molecule has 0 spiro atoms. The van der Waals surface area contributed by atoms with E-state index in [1.807, 2.05) is 6.07 Å². The Bertz CT molecular complexity index is 540. The van der Waals surface area contributed by atoms with Crippen LogP contribution in [-0.2, 0) is 6.61 Å². The number of aromatic nitrogens is 1. The first-order valence-electron chi connectivity index (χ1n) is 4.82. The molecule has 1 aromatic carbocycles. The van der Waals surface area contributed by atoms with Gasteiger partial charge in [-0.15, -0.1) is 0 Å². The smallest absolute Gasteiger partial charge is 0.0852 e. The molecule has 2 aromatic rings. The molecule has 17 heavy (non-hydrogen) atoms. The summed E-state index contributed by atoms with van der Waals surface area (Å²) in [5.74, 6) is 0. The summed E-state index contributed by atoms with van der Waals surface area (Å²) in [5, 5.41) is 10.3. The Morgan fingerprint density at radius 2 is 1.71 bits per heavy atom. The molecule has 0 radical (unpaired) electrons. The van der Waals surface area contributed by atoms with Gasteiger partial charge in [0.25, 0.3) is 0 Å². The number of aliphatic hydroxyl groups excluding tert-OH is 1. The molecule has 1 aromatic heterocycles. The third-order valence-electron chi connectivity index (χ3n) is 2.31. The summed E-state index contributed by atoms with van der Waals surface area (Å²) < 4.78 is 0. The van der Waals surface area contributed by atoms with Gasteiger partial charge in [-0.25, -0.2) is 0 Å². The number of rotatable bonds is 2. The van der Waals surface area contributed by atoms with Crippen molar-refractivity contribution in [3.05, 3.63) is 51.2 Å². The molecule has 0 saturated carbocycles. The normalized spacial score (nSPS) is 10.6. The van der Waals surface area contributed by atoms with Gasteiger partial charge in [-0.05, 0) is 18.2 Å². The van der Waals surface area contributed by atoms with E-state index in [1.54, 1.807) is 24.4 Å². The van der Waals surface area contributed by atoms with Crippen LogP contribution in [0.25, 0.3) is 11.1 Å². The average Bonchev–Trinajstić information content (AvgIpc) is 2.34. The van der Waals surface area contributed by atoms with Crippen LogP contribution in [0.5, 0.6) is 0 Å². The van der Waals surface area contributed by atoms with E-state index in [1.165, 1.54) is 0 Å². The molecule has 0 atom stereocenters. The molecule has 88 valence electrons. The Labute approximate surface area is 114 Å². The Morgan fingerprint density at radius 1 is 1.00 bits per heavy atom. The van der Waals surface area contributed by atoms with Crippen molar-refractivity contribution in [1.29, 1.82) is 0 Å². The second-order valence-electron chi connectivity index (χ2n) is 3.44. The van der Waals surface area contributed by atoms with Crippen molar-refractivity contribution < 1.29 is 5.11 Å². The standard InChI is InChI=1S/C12H8Cl3NO/c13-10-4-12(15)11(14)3-9(10)7-1-2-8(6-17)16-5-7/h1-5,17H,6H2. The lowest BCUT2D eigenvalue weighted by Gasteiger charge is -2.06. The molecule has 0 unspecified atom stereocenters. The van der Waals surface area contributed by atoms with Crippen molar-refractivity contribution in [2.75, 3.05) is 0 Å². The van der Waals surface area contributed by atoms with Crippen LogP contribution in [0, 0.1) is 0 Å². The van der Waals surface area contributed by atoms with Crippen LogP contribution in [0.15, 0.2) is 30.5 Å². The second-order valence-corrected chi connectivity index (χ2v) is 4.66. The molecular weight excluding hydrogens is 280 g/mol. The first kappa shape index (κ1) is 12.7. The Kier molecular flexibility index (Phi) is 3.89. The summed E-state index contributed by atoms with van der Waals surface area (Å²) >= 11 is 17.9. The third kappa shape index (κ3) is 2.72. The van der Waals surface area contributed by atoms with Crippen molar-refractivity contribution in [2.45, 2.75) is 6.61 Å². The summed E-state index contributed by atoms with van der Waals surface area (Å²) in [6.07, 6.45) is 1.64. The quantitative estimate of drug-likeness (QED) is 0.840. The number of pyridine rings is 1. The minimum atomic E-state index is -0.0879. The molecular formula is C12H8Cl3NO. The number of halogens is 3. The van der Waals surface area contributed by atoms with Crippen LogP contribution in [-0.4, -0.2) is 10.1 Å². The van der Waals surface area contributed by atoms with Crippen LogP contribution in [0.4, 0.5) is 0 Å². The third-order valence-corrected chi connectivity index (χ3v) is 3.34. The maximum Gasteiger partial charge on any atom is 0.0852 e. The lowest BCUT2D eigenvalue weighted by atomic mass is 10.1. The molecule has 0 aliphatic heterocycles. The minimum absolute atomic E-state index is 0.0879. The molecule has 0 aliphatic rings. The number of hydrogen-bond acceptors (Lipinski definition) is 2. The first-order chi connectivity index (χ1) is 8.11. The second kappa shape index (κ2) is 5.23. The monoisotopic (exact) mass is 287 g/mol. The Hall–Kier alpha value is -0.800.